The molecule has 6 heteroatoms. The lowest BCUT2D eigenvalue weighted by Crippen LogP contribution is -2.48. The van der Waals surface area contributed by atoms with Crippen molar-refractivity contribution in [2.24, 2.45) is 5.41 Å². The fourth-order valence-corrected chi connectivity index (χ4v) is 3.21. The Morgan fingerprint density at radius 3 is 2.48 bits per heavy atom. The van der Waals surface area contributed by atoms with Gasteiger partial charge in [0.2, 0.25) is 11.8 Å². The number of nitrogens with one attached hydrogen (secondary N) is 1. The lowest BCUT2D eigenvalue weighted by Gasteiger charge is -2.28. The van der Waals surface area contributed by atoms with Crippen molar-refractivity contribution in [2.45, 2.75) is 51.8 Å². The van der Waals surface area contributed by atoms with Crippen molar-refractivity contribution in [1.82, 2.24) is 10.2 Å². The van der Waals surface area contributed by atoms with Gasteiger partial charge in [0.15, 0.2) is 0 Å². The molecule has 0 bridgehead atoms. The molecule has 3 N–H and O–H groups in total. The third-order valence-corrected chi connectivity index (χ3v) is 4.56. The quantitative estimate of drug-likeness (QED) is 0.678. The van der Waals surface area contributed by atoms with Crippen LogP contribution in [0.3, 0.4) is 0 Å². The molecule has 0 unspecified atom stereocenters. The molecule has 3 atom stereocenters. The molecule has 1 aliphatic heterocycles. The molecule has 1 heterocycles. The summed E-state index contributed by atoms with van der Waals surface area (Å²) in [5, 5.41) is 22.5. The first-order valence-corrected chi connectivity index (χ1v) is 9.10. The second-order valence-electron chi connectivity index (χ2n) is 8.20. The highest BCUT2D eigenvalue weighted by Gasteiger charge is 2.40. The Hall–Kier alpha value is -2.36. The monoisotopic (exact) mass is 372 g/mol. The van der Waals surface area contributed by atoms with Crippen LogP contribution in [0.25, 0.3) is 0 Å². The largest absolute Gasteiger partial charge is 0.394 e. The summed E-state index contributed by atoms with van der Waals surface area (Å²) < 4.78 is 0. The van der Waals surface area contributed by atoms with E-state index in [4.69, 9.17) is 6.42 Å². The average Bonchev–Trinajstić information content (AvgIpc) is 3.00. The highest BCUT2D eigenvalue weighted by molar-refractivity contribution is 5.88. The fraction of sp³-hybridized carbons (Fsp3) is 0.524. The first kappa shape index (κ1) is 20.9. The smallest absolute Gasteiger partial charge is 0.243 e. The Balaban J connectivity index is 2.11. The standard InChI is InChI=1S/C21H28N2O4/c1-5-14-6-8-15(9-7-14)17(13-24)22-20(27)18-10-16(25)12-23(18)19(26)11-21(2,3)4/h1,6-9,16-18,24-25H,10-13H2,2-4H3,(H,22,27)/t16-,17+,18+/m1/s1. The minimum absolute atomic E-state index is 0.146. The number of β-amino-alcohol motifs (C(OH)–C–C–N with tert-alkyl or cyclic N) is 1. The zero-order valence-electron chi connectivity index (χ0n) is 16.1. The summed E-state index contributed by atoms with van der Waals surface area (Å²) in [7, 11) is 0. The number of benzene rings is 1. The Labute approximate surface area is 160 Å². The molecule has 0 aliphatic carbocycles. The SMILES string of the molecule is C#Cc1ccc([C@H](CO)NC(=O)[C@@H]2C[C@@H](O)CN2C(=O)CC(C)(C)C)cc1. The number of rotatable bonds is 5. The molecule has 0 saturated carbocycles. The van der Waals surface area contributed by atoms with Gasteiger partial charge in [-0.2, -0.15) is 0 Å². The van der Waals surface area contributed by atoms with Gasteiger partial charge in [-0.1, -0.05) is 38.8 Å². The van der Waals surface area contributed by atoms with Crippen LogP contribution in [0, 0.1) is 17.8 Å². The third kappa shape index (κ3) is 5.56. The number of likely N-dealkylation sites (tertiary alicyclic amines) is 1. The Kier molecular flexibility index (Phi) is 6.63. The van der Waals surface area contributed by atoms with E-state index >= 15 is 0 Å². The van der Waals surface area contributed by atoms with Crippen molar-refractivity contribution in [3.8, 4) is 12.3 Å². The highest BCUT2D eigenvalue weighted by atomic mass is 16.3. The van der Waals surface area contributed by atoms with Crippen molar-refractivity contribution < 1.29 is 19.8 Å². The summed E-state index contributed by atoms with van der Waals surface area (Å²) in [4.78, 5) is 26.8. The minimum Gasteiger partial charge on any atom is -0.394 e. The van der Waals surface area contributed by atoms with E-state index in [0.717, 1.165) is 5.56 Å². The Bertz CT molecular complexity index is 715. The van der Waals surface area contributed by atoms with E-state index in [1.165, 1.54) is 4.90 Å². The number of hydrogen-bond donors (Lipinski definition) is 3. The van der Waals surface area contributed by atoms with Crippen LogP contribution in [-0.2, 0) is 9.59 Å². The maximum atomic E-state index is 12.8. The zero-order valence-corrected chi connectivity index (χ0v) is 16.1. The second kappa shape index (κ2) is 8.55. The maximum absolute atomic E-state index is 12.8. The van der Waals surface area contributed by atoms with Crippen LogP contribution < -0.4 is 5.32 Å². The van der Waals surface area contributed by atoms with Crippen LogP contribution in [-0.4, -0.2) is 52.2 Å². The fourth-order valence-electron chi connectivity index (χ4n) is 3.21. The van der Waals surface area contributed by atoms with Crippen LogP contribution in [0.5, 0.6) is 0 Å². The summed E-state index contributed by atoms with van der Waals surface area (Å²) in [6.45, 7) is 5.72. The van der Waals surface area contributed by atoms with E-state index < -0.39 is 18.2 Å². The van der Waals surface area contributed by atoms with Crippen LogP contribution >= 0.6 is 0 Å². The Morgan fingerprint density at radius 1 is 1.33 bits per heavy atom. The first-order chi connectivity index (χ1) is 12.6. The van der Waals surface area contributed by atoms with E-state index in [2.05, 4.69) is 11.2 Å². The van der Waals surface area contributed by atoms with Gasteiger partial charge in [0.05, 0.1) is 18.8 Å². The summed E-state index contributed by atoms with van der Waals surface area (Å²) in [6, 6.07) is 5.63. The number of carbonyl (C=O) groups is 2. The Morgan fingerprint density at radius 2 is 1.96 bits per heavy atom. The molecule has 1 saturated heterocycles. The number of carbonyl (C=O) groups excluding carboxylic acids is 2. The zero-order chi connectivity index (χ0) is 20.2. The lowest BCUT2D eigenvalue weighted by molar-refractivity contribution is -0.140. The van der Waals surface area contributed by atoms with Gasteiger partial charge in [-0.15, -0.1) is 6.42 Å². The van der Waals surface area contributed by atoms with Crippen molar-refractivity contribution in [3.05, 3.63) is 35.4 Å². The molecule has 0 spiro atoms. The molecule has 27 heavy (non-hydrogen) atoms. The average molecular weight is 372 g/mol. The number of aliphatic hydroxyl groups is 2. The molecular weight excluding hydrogens is 344 g/mol. The number of nitrogens with zero attached hydrogens (tertiary/aromatic N) is 1. The summed E-state index contributed by atoms with van der Waals surface area (Å²) >= 11 is 0. The highest BCUT2D eigenvalue weighted by Crippen LogP contribution is 2.26. The van der Waals surface area contributed by atoms with Crippen molar-refractivity contribution in [3.63, 3.8) is 0 Å². The van der Waals surface area contributed by atoms with Crippen LogP contribution in [0.15, 0.2) is 24.3 Å². The van der Waals surface area contributed by atoms with Crippen molar-refractivity contribution >= 4 is 11.8 Å². The molecule has 6 nitrogen and oxygen atoms in total. The van der Waals surface area contributed by atoms with Crippen LogP contribution in [0.2, 0.25) is 0 Å². The van der Waals surface area contributed by atoms with Gasteiger partial charge in [0.1, 0.15) is 6.04 Å². The molecule has 146 valence electrons. The van der Waals surface area contributed by atoms with Gasteiger partial charge >= 0.3 is 0 Å². The molecule has 1 aromatic rings. The molecular formula is C21H28N2O4. The number of amides is 2. The number of aliphatic hydroxyl groups excluding tert-OH is 2. The summed E-state index contributed by atoms with van der Waals surface area (Å²) in [5.41, 5.74) is 1.22. The molecule has 1 aliphatic rings. The number of terminal acetylenes is 1. The second-order valence-corrected chi connectivity index (χ2v) is 8.20. The van der Waals surface area contributed by atoms with Gasteiger partial charge in [0.25, 0.3) is 0 Å². The molecule has 1 fully saturated rings. The van der Waals surface area contributed by atoms with E-state index in [9.17, 15) is 19.8 Å². The molecule has 1 aromatic carbocycles. The molecule has 2 amide bonds. The molecule has 0 radical (unpaired) electrons. The van der Waals surface area contributed by atoms with E-state index in [1.807, 2.05) is 20.8 Å². The molecule has 0 aromatic heterocycles. The van der Waals surface area contributed by atoms with Crippen molar-refractivity contribution in [1.29, 1.82) is 0 Å². The minimum atomic E-state index is -0.742. The third-order valence-electron chi connectivity index (χ3n) is 4.56. The predicted octanol–water partition coefficient (Wildman–Crippen LogP) is 1.22. The van der Waals surface area contributed by atoms with Crippen LogP contribution in [0.4, 0.5) is 0 Å². The maximum Gasteiger partial charge on any atom is 0.243 e. The molecule has 2 rings (SSSR count). The lowest BCUT2D eigenvalue weighted by atomic mass is 9.91. The van der Waals surface area contributed by atoms with Gasteiger partial charge in [-0.05, 0) is 23.1 Å². The predicted molar refractivity (Wildman–Crippen MR) is 103 cm³/mol. The summed E-state index contributed by atoms with van der Waals surface area (Å²) in [5.74, 6) is 1.98. The summed E-state index contributed by atoms with van der Waals surface area (Å²) in [6.07, 6.45) is 5.09. The van der Waals surface area contributed by atoms with Gasteiger partial charge in [-0.25, -0.2) is 0 Å². The van der Waals surface area contributed by atoms with Crippen LogP contribution in [0.1, 0.15) is 50.8 Å². The first-order valence-electron chi connectivity index (χ1n) is 9.10. The van der Waals surface area contributed by atoms with E-state index in [1.54, 1.807) is 24.3 Å². The number of hydrogen-bond acceptors (Lipinski definition) is 4. The van der Waals surface area contributed by atoms with E-state index in [0.29, 0.717) is 12.0 Å². The van der Waals surface area contributed by atoms with E-state index in [-0.39, 0.29) is 36.8 Å². The normalized spacial score (nSPS) is 20.8. The topological polar surface area (TPSA) is 89.9 Å². The van der Waals surface area contributed by atoms with Crippen molar-refractivity contribution in [2.75, 3.05) is 13.2 Å². The van der Waals surface area contributed by atoms with Gasteiger partial charge in [-0.3, -0.25) is 9.59 Å². The van der Waals surface area contributed by atoms with Gasteiger partial charge < -0.3 is 20.4 Å². The van der Waals surface area contributed by atoms with Gasteiger partial charge in [0, 0.05) is 24.9 Å².